The van der Waals surface area contributed by atoms with Gasteiger partial charge in [-0.2, -0.15) is 5.10 Å². The lowest BCUT2D eigenvalue weighted by molar-refractivity contribution is -0.868. The number of azo groups is 1. The largest absolute Gasteiger partial charge is 1.00 e. The second-order valence-corrected chi connectivity index (χ2v) is 9.09. The summed E-state index contributed by atoms with van der Waals surface area (Å²) in [6.45, 7) is 5.29. The number of rotatable bonds is 7. The van der Waals surface area contributed by atoms with E-state index in [4.69, 9.17) is 0 Å². The van der Waals surface area contributed by atoms with E-state index < -0.39 is 0 Å². The molecular weight excluding hydrogens is 462 g/mol. The number of likely N-dealkylation sites (N-methyl/N-ethyl adjacent to an activating group) is 2. The molecule has 0 radical (unpaired) electrons. The van der Waals surface area contributed by atoms with Gasteiger partial charge in [0.1, 0.15) is 0 Å². The van der Waals surface area contributed by atoms with Gasteiger partial charge in [-0.05, 0) is 43.3 Å². The van der Waals surface area contributed by atoms with E-state index in [1.807, 2.05) is 24.4 Å². The number of quaternary nitrogens is 1. The van der Waals surface area contributed by atoms with Crippen molar-refractivity contribution in [3.63, 3.8) is 0 Å². The number of hydrogen-bond donors (Lipinski definition) is 1. The molecular formula is C21H26BrN7S. The molecule has 0 fully saturated rings. The molecule has 7 nitrogen and oxygen atoms in total. The zero-order valence-electron chi connectivity index (χ0n) is 17.6. The Labute approximate surface area is 190 Å². The van der Waals surface area contributed by atoms with Crippen molar-refractivity contribution in [3.05, 3.63) is 42.6 Å². The Balaban J connectivity index is 0.00000256. The van der Waals surface area contributed by atoms with Crippen molar-refractivity contribution in [1.82, 2.24) is 15.2 Å². The summed E-state index contributed by atoms with van der Waals surface area (Å²) in [7, 11) is 6.66. The lowest BCUT2D eigenvalue weighted by Crippen LogP contribution is -3.00. The maximum Gasteiger partial charge on any atom is 0.231 e. The number of nitrogens with one attached hydrogen (secondary N) is 1. The maximum absolute atomic E-state index is 4.56. The van der Waals surface area contributed by atoms with Crippen molar-refractivity contribution in [2.75, 3.05) is 45.7 Å². The van der Waals surface area contributed by atoms with Crippen molar-refractivity contribution in [2.45, 2.75) is 6.92 Å². The maximum atomic E-state index is 4.56. The molecule has 9 heteroatoms. The van der Waals surface area contributed by atoms with Crippen molar-refractivity contribution in [2.24, 2.45) is 10.2 Å². The Kier molecular flexibility index (Phi) is 6.84. The van der Waals surface area contributed by atoms with Crippen molar-refractivity contribution >= 4 is 49.0 Å². The van der Waals surface area contributed by atoms with Crippen molar-refractivity contribution < 1.29 is 21.5 Å². The van der Waals surface area contributed by atoms with Crippen LogP contribution in [0.3, 0.4) is 0 Å². The lowest BCUT2D eigenvalue weighted by Gasteiger charge is -2.29. The average Bonchev–Trinajstić information content (AvgIpc) is 3.30. The molecule has 4 aromatic rings. The van der Waals surface area contributed by atoms with Crippen molar-refractivity contribution in [3.8, 4) is 0 Å². The third-order valence-corrected chi connectivity index (χ3v) is 5.73. The molecule has 0 bridgehead atoms. The topological polar surface area (TPSA) is 69.5 Å². The van der Waals surface area contributed by atoms with Gasteiger partial charge in [-0.3, -0.25) is 5.10 Å². The van der Waals surface area contributed by atoms with Crippen LogP contribution in [0.1, 0.15) is 6.92 Å². The van der Waals surface area contributed by atoms with Crippen LogP contribution in [0.5, 0.6) is 0 Å². The standard InChI is InChI=1S/C21H26N7S.BrH/c1-5-27(10-11-28(2,3)4)17-8-6-16(7-9-17)24-26-21-23-19-13-18-15(14-22-25-18)12-20(19)29-21;/h6-9,12-14H,5,10-11H2,1-4H3,(H,22,25);1H/q+1;/p-1. The number of nitrogens with zero attached hydrogens (tertiary/aromatic N) is 6. The highest BCUT2D eigenvalue weighted by Crippen LogP contribution is 2.32. The Morgan fingerprint density at radius 3 is 2.57 bits per heavy atom. The Morgan fingerprint density at radius 2 is 1.87 bits per heavy atom. The Hall–Kier alpha value is -2.36. The van der Waals surface area contributed by atoms with E-state index in [9.17, 15) is 0 Å². The van der Waals surface area contributed by atoms with Crippen LogP contribution in [0.4, 0.5) is 16.5 Å². The molecule has 0 atom stereocenters. The van der Waals surface area contributed by atoms with Crippen LogP contribution >= 0.6 is 11.3 Å². The fourth-order valence-electron chi connectivity index (χ4n) is 3.12. The summed E-state index contributed by atoms with van der Waals surface area (Å²) >= 11 is 1.53. The fourth-order valence-corrected chi connectivity index (χ4v) is 3.93. The van der Waals surface area contributed by atoms with E-state index in [0.717, 1.165) is 50.9 Å². The number of hydrogen-bond acceptors (Lipinski definition) is 6. The first kappa shape index (κ1) is 22.3. The third kappa shape index (κ3) is 5.21. The molecule has 4 rings (SSSR count). The van der Waals surface area contributed by atoms with Crippen molar-refractivity contribution in [1.29, 1.82) is 0 Å². The van der Waals surface area contributed by atoms with Gasteiger partial charge in [-0.1, -0.05) is 11.3 Å². The van der Waals surface area contributed by atoms with Gasteiger partial charge in [0.05, 0.1) is 61.9 Å². The predicted octanol–water partition coefficient (Wildman–Crippen LogP) is 2.12. The number of H-pyrrole nitrogens is 1. The molecule has 0 saturated heterocycles. The molecule has 2 aromatic heterocycles. The van der Waals surface area contributed by atoms with E-state index in [1.54, 1.807) is 0 Å². The van der Waals surface area contributed by atoms with Gasteiger partial charge < -0.3 is 26.4 Å². The summed E-state index contributed by atoms with van der Waals surface area (Å²) in [5.41, 5.74) is 3.93. The summed E-state index contributed by atoms with van der Waals surface area (Å²) in [6, 6.07) is 12.3. The van der Waals surface area contributed by atoms with Crippen LogP contribution in [-0.4, -0.2) is 60.4 Å². The molecule has 30 heavy (non-hydrogen) atoms. The molecule has 0 spiro atoms. The number of anilines is 1. The van der Waals surface area contributed by atoms with Gasteiger partial charge >= 0.3 is 0 Å². The molecule has 2 aromatic carbocycles. The first-order valence-electron chi connectivity index (χ1n) is 9.72. The number of aromatic nitrogens is 3. The van der Waals surface area contributed by atoms with Crippen LogP contribution in [0.25, 0.3) is 21.1 Å². The zero-order chi connectivity index (χ0) is 20.4. The van der Waals surface area contributed by atoms with E-state index in [1.165, 1.54) is 17.0 Å². The molecule has 0 amide bonds. The highest BCUT2D eigenvalue weighted by molar-refractivity contribution is 7.22. The summed E-state index contributed by atoms with van der Waals surface area (Å²) in [4.78, 5) is 6.95. The molecule has 0 aliphatic heterocycles. The minimum absolute atomic E-state index is 0. The lowest BCUT2D eigenvalue weighted by atomic mass is 10.2. The number of halogens is 1. The summed E-state index contributed by atoms with van der Waals surface area (Å²) in [5, 5.41) is 17.5. The summed E-state index contributed by atoms with van der Waals surface area (Å²) < 4.78 is 2.04. The second-order valence-electron chi connectivity index (χ2n) is 8.08. The number of aromatic amines is 1. The molecule has 0 unspecified atom stereocenters. The van der Waals surface area contributed by atoms with Gasteiger partial charge in [0.25, 0.3) is 0 Å². The average molecular weight is 488 g/mol. The molecule has 1 N–H and O–H groups in total. The second kappa shape index (κ2) is 9.20. The van der Waals surface area contributed by atoms with E-state index in [-0.39, 0.29) is 17.0 Å². The van der Waals surface area contributed by atoms with Crippen LogP contribution in [0.15, 0.2) is 52.8 Å². The number of fused-ring (bicyclic) bond motifs is 2. The van der Waals surface area contributed by atoms with Crippen LogP contribution in [0.2, 0.25) is 0 Å². The fraction of sp³-hybridized carbons (Fsp3) is 0.333. The monoisotopic (exact) mass is 487 g/mol. The normalized spacial score (nSPS) is 12.0. The van der Waals surface area contributed by atoms with E-state index >= 15 is 0 Å². The minimum atomic E-state index is 0. The first-order chi connectivity index (χ1) is 13.9. The Morgan fingerprint density at radius 1 is 1.10 bits per heavy atom. The summed E-state index contributed by atoms with van der Waals surface area (Å²) in [6.07, 6.45) is 1.82. The number of thiazole rings is 1. The molecule has 2 heterocycles. The zero-order valence-corrected chi connectivity index (χ0v) is 20.0. The van der Waals surface area contributed by atoms with Crippen LogP contribution in [0, 0.1) is 0 Å². The summed E-state index contributed by atoms with van der Waals surface area (Å²) in [5.74, 6) is 0. The SMILES string of the molecule is CCN(CC[N+](C)(C)C)c1ccc(N=Nc2nc3cc4[nH]ncc4cc3s2)cc1.[Br-]. The van der Waals surface area contributed by atoms with Gasteiger partial charge in [0.2, 0.25) is 5.13 Å². The van der Waals surface area contributed by atoms with Gasteiger partial charge in [-0.25, -0.2) is 4.98 Å². The van der Waals surface area contributed by atoms with Crippen LogP contribution < -0.4 is 21.9 Å². The first-order valence-corrected chi connectivity index (χ1v) is 10.5. The molecule has 158 valence electrons. The van der Waals surface area contributed by atoms with E-state index in [0.29, 0.717) is 5.13 Å². The number of benzene rings is 2. The van der Waals surface area contributed by atoms with Gasteiger partial charge in [-0.15, -0.1) is 10.2 Å². The van der Waals surface area contributed by atoms with E-state index in [2.05, 4.69) is 76.6 Å². The Bertz CT molecular complexity index is 1090. The predicted molar refractivity (Wildman–Crippen MR) is 121 cm³/mol. The minimum Gasteiger partial charge on any atom is -1.00 e. The molecule has 0 aliphatic carbocycles. The van der Waals surface area contributed by atoms with Gasteiger partial charge in [0, 0.05) is 17.6 Å². The smallest absolute Gasteiger partial charge is 0.231 e. The highest BCUT2D eigenvalue weighted by atomic mass is 79.9. The third-order valence-electron chi connectivity index (χ3n) is 4.83. The highest BCUT2D eigenvalue weighted by Gasteiger charge is 2.11. The van der Waals surface area contributed by atoms with Crippen LogP contribution in [-0.2, 0) is 0 Å². The quantitative estimate of drug-likeness (QED) is 0.320. The molecule has 0 aliphatic rings. The van der Waals surface area contributed by atoms with Gasteiger partial charge in [0.15, 0.2) is 0 Å². The molecule has 0 saturated carbocycles.